The van der Waals surface area contributed by atoms with Gasteiger partial charge < -0.3 is 18.9 Å². The number of allylic oxidation sites excluding steroid dienone is 8. The topological polar surface area (TPSA) is 91.3 Å². The van der Waals surface area contributed by atoms with Crippen molar-refractivity contribution in [3.8, 4) is 0 Å². The number of carbonyl (C=O) groups excluding carboxylic acids is 1. The largest absolute Gasteiger partial charge is 0.472 e. The zero-order chi connectivity index (χ0) is 44.8. The Morgan fingerprint density at radius 2 is 0.902 bits per heavy atom. The SMILES string of the molecule is CCCCC/C=C\C/C=C\C/C=C\CCCCCCCCC(=O)O[C@H](COCCCCCCCCCCCC/C=C\CCCCCCCC)COP(=O)(O)OCC[N+](C)(C)C. The van der Waals surface area contributed by atoms with Crippen LogP contribution in [0.5, 0.6) is 0 Å². The Morgan fingerprint density at radius 1 is 0.508 bits per heavy atom. The molecule has 0 aliphatic heterocycles. The van der Waals surface area contributed by atoms with Crippen LogP contribution in [-0.4, -0.2) is 75.6 Å². The van der Waals surface area contributed by atoms with Gasteiger partial charge in [0.15, 0.2) is 0 Å². The van der Waals surface area contributed by atoms with Crippen LogP contribution in [0.25, 0.3) is 0 Å². The van der Waals surface area contributed by atoms with E-state index in [1.165, 1.54) is 141 Å². The monoisotopic (exact) mass is 881 g/mol. The van der Waals surface area contributed by atoms with Gasteiger partial charge in [-0.1, -0.05) is 184 Å². The predicted octanol–water partition coefficient (Wildman–Crippen LogP) is 15.5. The fourth-order valence-electron chi connectivity index (χ4n) is 6.91. The lowest BCUT2D eigenvalue weighted by Gasteiger charge is -2.24. The van der Waals surface area contributed by atoms with E-state index in [4.69, 9.17) is 18.5 Å². The van der Waals surface area contributed by atoms with Crippen molar-refractivity contribution in [3.05, 3.63) is 48.6 Å². The second kappa shape index (κ2) is 45.0. The summed E-state index contributed by atoms with van der Waals surface area (Å²) in [5.74, 6) is -0.325. The Morgan fingerprint density at radius 3 is 1.39 bits per heavy atom. The summed E-state index contributed by atoms with van der Waals surface area (Å²) in [6.45, 7) is 5.59. The van der Waals surface area contributed by atoms with Gasteiger partial charge >= 0.3 is 13.8 Å². The van der Waals surface area contributed by atoms with Crippen molar-refractivity contribution in [1.29, 1.82) is 0 Å². The first-order valence-corrected chi connectivity index (χ1v) is 26.9. The van der Waals surface area contributed by atoms with E-state index in [9.17, 15) is 14.3 Å². The first kappa shape index (κ1) is 59.5. The van der Waals surface area contributed by atoms with Crippen LogP contribution >= 0.6 is 7.82 Å². The maximum atomic E-state index is 12.7. The molecule has 0 heterocycles. The Balaban J connectivity index is 4.18. The molecule has 1 unspecified atom stereocenters. The van der Waals surface area contributed by atoms with Crippen molar-refractivity contribution in [2.75, 3.05) is 54.1 Å². The van der Waals surface area contributed by atoms with Crippen LogP contribution in [0.2, 0.25) is 0 Å². The number of carbonyl (C=O) groups is 1. The van der Waals surface area contributed by atoms with E-state index in [1.807, 2.05) is 21.1 Å². The molecule has 61 heavy (non-hydrogen) atoms. The summed E-state index contributed by atoms with van der Waals surface area (Å²) in [7, 11) is 1.66. The number of unbranched alkanes of at least 4 members (excludes halogenated alkanes) is 25. The number of ether oxygens (including phenoxy) is 2. The smallest absolute Gasteiger partial charge is 0.457 e. The van der Waals surface area contributed by atoms with E-state index in [0.717, 1.165) is 57.8 Å². The molecule has 0 saturated heterocycles. The first-order valence-electron chi connectivity index (χ1n) is 25.4. The fourth-order valence-corrected chi connectivity index (χ4v) is 7.65. The zero-order valence-electron chi connectivity index (χ0n) is 40.7. The van der Waals surface area contributed by atoms with Crippen molar-refractivity contribution >= 4 is 13.8 Å². The van der Waals surface area contributed by atoms with Gasteiger partial charge in [0.25, 0.3) is 0 Å². The van der Waals surface area contributed by atoms with Crippen LogP contribution in [-0.2, 0) is 27.9 Å². The summed E-state index contributed by atoms with van der Waals surface area (Å²) in [5.41, 5.74) is 0. The molecule has 0 radical (unpaired) electrons. The fraction of sp³-hybridized carbons (Fsp3) is 0.827. The highest BCUT2D eigenvalue weighted by Gasteiger charge is 2.26. The highest BCUT2D eigenvalue weighted by atomic mass is 31.2. The first-order chi connectivity index (χ1) is 29.6. The van der Waals surface area contributed by atoms with Crippen LogP contribution in [0, 0.1) is 0 Å². The van der Waals surface area contributed by atoms with E-state index in [1.54, 1.807) is 0 Å². The normalized spacial score (nSPS) is 14.0. The summed E-state index contributed by atoms with van der Waals surface area (Å²) in [6, 6.07) is 0. The average molecular weight is 881 g/mol. The number of phosphoric acid groups is 1. The van der Waals surface area contributed by atoms with Gasteiger partial charge in [0.05, 0.1) is 34.4 Å². The number of nitrogens with zero attached hydrogens (tertiary/aromatic N) is 1. The van der Waals surface area contributed by atoms with Crippen LogP contribution in [0.4, 0.5) is 0 Å². The molecular weight excluding hydrogens is 782 g/mol. The van der Waals surface area contributed by atoms with Gasteiger partial charge in [-0.2, -0.15) is 0 Å². The van der Waals surface area contributed by atoms with Gasteiger partial charge in [-0.3, -0.25) is 13.8 Å². The molecule has 8 nitrogen and oxygen atoms in total. The van der Waals surface area contributed by atoms with Crippen molar-refractivity contribution in [2.45, 2.75) is 225 Å². The molecule has 0 spiro atoms. The maximum Gasteiger partial charge on any atom is 0.472 e. The number of esters is 1. The Labute approximate surface area is 378 Å². The van der Waals surface area contributed by atoms with Crippen molar-refractivity contribution in [3.63, 3.8) is 0 Å². The Hall–Kier alpha value is -1.54. The van der Waals surface area contributed by atoms with Crippen LogP contribution in [0.15, 0.2) is 48.6 Å². The van der Waals surface area contributed by atoms with E-state index in [2.05, 4.69) is 62.5 Å². The lowest BCUT2D eigenvalue weighted by atomic mass is 10.1. The molecule has 0 fully saturated rings. The van der Waals surface area contributed by atoms with Gasteiger partial charge in [0.2, 0.25) is 0 Å². The number of hydrogen-bond acceptors (Lipinski definition) is 6. The third-order valence-electron chi connectivity index (χ3n) is 10.9. The predicted molar refractivity (Wildman–Crippen MR) is 261 cm³/mol. The van der Waals surface area contributed by atoms with Gasteiger partial charge in [0.1, 0.15) is 19.3 Å². The van der Waals surface area contributed by atoms with Gasteiger partial charge in [0, 0.05) is 13.0 Å². The molecule has 0 aromatic heterocycles. The van der Waals surface area contributed by atoms with Gasteiger partial charge in [-0.25, -0.2) is 4.57 Å². The summed E-state index contributed by atoms with van der Waals surface area (Å²) in [6.07, 6.45) is 55.8. The molecule has 2 atom stereocenters. The average Bonchev–Trinajstić information content (AvgIpc) is 3.22. The van der Waals surface area contributed by atoms with E-state index in [0.29, 0.717) is 24.1 Å². The quantitative estimate of drug-likeness (QED) is 0.0214. The molecule has 0 aliphatic rings. The molecule has 0 amide bonds. The Bertz CT molecular complexity index is 1120. The van der Waals surface area contributed by atoms with Crippen LogP contribution < -0.4 is 0 Å². The molecule has 9 heteroatoms. The third-order valence-corrected chi connectivity index (χ3v) is 11.8. The van der Waals surface area contributed by atoms with Gasteiger partial charge in [-0.05, 0) is 77.0 Å². The number of rotatable bonds is 47. The van der Waals surface area contributed by atoms with Crippen molar-refractivity contribution in [2.24, 2.45) is 0 Å². The van der Waals surface area contributed by atoms with E-state index >= 15 is 0 Å². The minimum absolute atomic E-state index is 0.0847. The molecule has 1 N–H and O–H groups in total. The molecule has 0 rings (SSSR count). The second-order valence-corrected chi connectivity index (χ2v) is 19.6. The zero-order valence-corrected chi connectivity index (χ0v) is 41.5. The highest BCUT2D eigenvalue weighted by molar-refractivity contribution is 7.47. The molecule has 0 saturated carbocycles. The van der Waals surface area contributed by atoms with Crippen LogP contribution in [0.1, 0.15) is 219 Å². The molecule has 0 bridgehead atoms. The minimum atomic E-state index is -4.28. The van der Waals surface area contributed by atoms with Crippen LogP contribution in [0.3, 0.4) is 0 Å². The maximum absolute atomic E-state index is 12.7. The summed E-state index contributed by atoms with van der Waals surface area (Å²) < 4.78 is 35.1. The lowest BCUT2D eigenvalue weighted by molar-refractivity contribution is -0.870. The highest BCUT2D eigenvalue weighted by Crippen LogP contribution is 2.43. The van der Waals surface area contributed by atoms with E-state index in [-0.39, 0.29) is 25.8 Å². The van der Waals surface area contributed by atoms with Crippen molar-refractivity contribution < 1.29 is 37.3 Å². The number of phosphoric ester groups is 1. The number of likely N-dealkylation sites (N-methyl/N-ethyl adjacent to an activating group) is 1. The second-order valence-electron chi connectivity index (χ2n) is 18.2. The third kappa shape index (κ3) is 49.3. The standard InChI is InChI=1S/C52H98NO7P/c1-6-8-10-12-14-16-18-20-22-24-26-28-30-32-34-36-38-40-42-44-47-57-49-51(50-59-61(55,56)58-48-46-53(3,4)5)60-52(54)45-43-41-39-37-35-33-31-29-27-25-23-21-19-17-15-13-11-9-7-2/h15,17,20-23,27,29,51H,6-14,16,18-19,24-26,28,30-50H2,1-5H3/p+1/b17-15-,22-20-,23-21-,29-27-/t51-/m1/s1. The van der Waals surface area contributed by atoms with Crippen molar-refractivity contribution in [1.82, 2.24) is 0 Å². The Kier molecular flexibility index (Phi) is 43.9. The summed E-state index contributed by atoms with van der Waals surface area (Å²) in [4.78, 5) is 23.0. The molecule has 358 valence electrons. The van der Waals surface area contributed by atoms with E-state index < -0.39 is 13.9 Å². The molecule has 0 aliphatic carbocycles. The number of quaternary nitrogens is 1. The molecule has 0 aromatic carbocycles. The number of hydrogen-bond donors (Lipinski definition) is 1. The van der Waals surface area contributed by atoms with Gasteiger partial charge in [-0.15, -0.1) is 0 Å². The lowest BCUT2D eigenvalue weighted by Crippen LogP contribution is -2.37. The summed E-state index contributed by atoms with van der Waals surface area (Å²) >= 11 is 0. The molecule has 0 aromatic rings. The minimum Gasteiger partial charge on any atom is -0.457 e. The summed E-state index contributed by atoms with van der Waals surface area (Å²) in [5, 5.41) is 0. The molecular formula is C52H99NO7P+.